The topological polar surface area (TPSA) is 46.2 Å². The van der Waals surface area contributed by atoms with Gasteiger partial charge in [0.05, 0.1) is 10.1 Å². The molecule has 2 unspecified atom stereocenters. The maximum atomic E-state index is 12.2. The van der Waals surface area contributed by atoms with Crippen LogP contribution in [0.3, 0.4) is 0 Å². The third-order valence-corrected chi connectivity index (χ3v) is 5.63. The van der Waals surface area contributed by atoms with Gasteiger partial charge >= 0.3 is 0 Å². The van der Waals surface area contributed by atoms with Crippen molar-refractivity contribution in [1.82, 2.24) is 5.32 Å². The maximum absolute atomic E-state index is 12.2. The fourth-order valence-corrected chi connectivity index (χ4v) is 4.11. The molecule has 0 aromatic heterocycles. The average Bonchev–Trinajstić information content (AvgIpc) is 2.26. The van der Waals surface area contributed by atoms with Crippen molar-refractivity contribution in [3.05, 3.63) is 29.3 Å². The van der Waals surface area contributed by atoms with Crippen molar-refractivity contribution in [3.63, 3.8) is 0 Å². The SMILES string of the molecule is CCNC1CC(C)S(=O)(=O)c2ccc(C)cc21. The van der Waals surface area contributed by atoms with E-state index in [0.29, 0.717) is 11.3 Å². The summed E-state index contributed by atoms with van der Waals surface area (Å²) in [6.45, 7) is 6.68. The lowest BCUT2D eigenvalue weighted by Gasteiger charge is -2.30. The van der Waals surface area contributed by atoms with Gasteiger partial charge in [0.2, 0.25) is 0 Å². The number of hydrogen-bond acceptors (Lipinski definition) is 3. The molecule has 0 amide bonds. The Labute approximate surface area is 103 Å². The minimum absolute atomic E-state index is 0.161. The van der Waals surface area contributed by atoms with Crippen LogP contribution in [0.2, 0.25) is 0 Å². The molecule has 2 atom stereocenters. The second-order valence-corrected chi connectivity index (χ2v) is 7.08. The van der Waals surface area contributed by atoms with Crippen molar-refractivity contribution >= 4 is 9.84 Å². The van der Waals surface area contributed by atoms with Gasteiger partial charge in [0.25, 0.3) is 0 Å². The molecule has 0 saturated carbocycles. The zero-order valence-electron chi connectivity index (χ0n) is 10.5. The van der Waals surface area contributed by atoms with E-state index in [1.54, 1.807) is 13.0 Å². The number of fused-ring (bicyclic) bond motifs is 1. The summed E-state index contributed by atoms with van der Waals surface area (Å²) in [5.74, 6) is 0. The van der Waals surface area contributed by atoms with Gasteiger partial charge in [0, 0.05) is 6.04 Å². The first-order valence-electron chi connectivity index (χ1n) is 6.04. The molecule has 1 aliphatic rings. The number of aryl methyl sites for hydroxylation is 1. The lowest BCUT2D eigenvalue weighted by atomic mass is 9.99. The van der Waals surface area contributed by atoms with Gasteiger partial charge in [-0.15, -0.1) is 0 Å². The number of hydrogen-bond donors (Lipinski definition) is 1. The Hall–Kier alpha value is -0.870. The highest BCUT2D eigenvalue weighted by Gasteiger charge is 2.35. The molecule has 17 heavy (non-hydrogen) atoms. The van der Waals surface area contributed by atoms with E-state index in [2.05, 4.69) is 5.32 Å². The smallest absolute Gasteiger partial charge is 0.181 e. The summed E-state index contributed by atoms with van der Waals surface area (Å²) in [5.41, 5.74) is 2.04. The summed E-state index contributed by atoms with van der Waals surface area (Å²) in [5, 5.41) is 3.07. The zero-order chi connectivity index (χ0) is 12.6. The van der Waals surface area contributed by atoms with Gasteiger partial charge in [-0.2, -0.15) is 0 Å². The van der Waals surface area contributed by atoms with E-state index in [-0.39, 0.29) is 11.3 Å². The lowest BCUT2D eigenvalue weighted by Crippen LogP contribution is -2.34. The van der Waals surface area contributed by atoms with Crippen LogP contribution in [0, 0.1) is 6.92 Å². The molecule has 3 nitrogen and oxygen atoms in total. The number of rotatable bonds is 2. The molecule has 0 radical (unpaired) electrons. The molecule has 2 rings (SSSR count). The molecule has 0 spiro atoms. The first-order chi connectivity index (χ1) is 7.96. The van der Waals surface area contributed by atoms with Gasteiger partial charge in [0.1, 0.15) is 0 Å². The van der Waals surface area contributed by atoms with Crippen molar-refractivity contribution in [3.8, 4) is 0 Å². The predicted molar refractivity (Wildman–Crippen MR) is 68.9 cm³/mol. The Kier molecular flexibility index (Phi) is 3.27. The van der Waals surface area contributed by atoms with Crippen LogP contribution in [0.4, 0.5) is 0 Å². The van der Waals surface area contributed by atoms with Gasteiger partial charge in [-0.05, 0) is 38.4 Å². The predicted octanol–water partition coefficient (Wildman–Crippen LogP) is 2.21. The number of benzene rings is 1. The van der Waals surface area contributed by atoms with Crippen LogP contribution in [0.1, 0.15) is 37.4 Å². The zero-order valence-corrected chi connectivity index (χ0v) is 11.3. The third-order valence-electron chi connectivity index (χ3n) is 3.40. The molecule has 0 aliphatic carbocycles. The molecular formula is C13H19NO2S. The molecule has 0 fully saturated rings. The van der Waals surface area contributed by atoms with Crippen molar-refractivity contribution in [2.24, 2.45) is 0 Å². The lowest BCUT2D eigenvalue weighted by molar-refractivity contribution is 0.473. The van der Waals surface area contributed by atoms with Gasteiger partial charge in [0.15, 0.2) is 9.84 Å². The molecule has 1 aliphatic heterocycles. The van der Waals surface area contributed by atoms with Crippen molar-refractivity contribution in [1.29, 1.82) is 0 Å². The summed E-state index contributed by atoms with van der Waals surface area (Å²) in [4.78, 5) is 0.507. The van der Waals surface area contributed by atoms with Crippen LogP contribution >= 0.6 is 0 Å². The molecule has 1 heterocycles. The highest BCUT2D eigenvalue weighted by Crippen LogP contribution is 2.36. The first kappa shape index (κ1) is 12.6. The van der Waals surface area contributed by atoms with Crippen LogP contribution < -0.4 is 5.32 Å². The minimum Gasteiger partial charge on any atom is -0.310 e. The summed E-state index contributed by atoms with van der Waals surface area (Å²) in [6.07, 6.45) is 0.659. The second kappa shape index (κ2) is 4.42. The molecule has 1 aromatic carbocycles. The molecule has 0 saturated heterocycles. The van der Waals surface area contributed by atoms with E-state index >= 15 is 0 Å². The van der Waals surface area contributed by atoms with E-state index in [1.807, 2.05) is 26.0 Å². The van der Waals surface area contributed by atoms with E-state index < -0.39 is 9.84 Å². The van der Waals surface area contributed by atoms with E-state index in [0.717, 1.165) is 17.7 Å². The van der Waals surface area contributed by atoms with Gasteiger partial charge < -0.3 is 5.32 Å². The summed E-state index contributed by atoms with van der Waals surface area (Å²) < 4.78 is 24.5. The Morgan fingerprint density at radius 3 is 2.76 bits per heavy atom. The number of nitrogens with one attached hydrogen (secondary N) is 1. The normalized spacial score (nSPS) is 26.5. The van der Waals surface area contributed by atoms with Gasteiger partial charge in [-0.25, -0.2) is 8.42 Å². The quantitative estimate of drug-likeness (QED) is 0.879. The minimum atomic E-state index is -3.13. The molecule has 0 bridgehead atoms. The third kappa shape index (κ3) is 2.11. The summed E-state index contributed by atoms with van der Waals surface area (Å²) >= 11 is 0. The average molecular weight is 253 g/mol. The van der Waals surface area contributed by atoms with E-state index in [4.69, 9.17) is 0 Å². The van der Waals surface area contributed by atoms with Crippen molar-refractivity contribution in [2.45, 2.75) is 43.4 Å². The van der Waals surface area contributed by atoms with Crippen molar-refractivity contribution < 1.29 is 8.42 Å². The number of sulfone groups is 1. The Morgan fingerprint density at radius 2 is 2.12 bits per heavy atom. The van der Waals surface area contributed by atoms with Crippen molar-refractivity contribution in [2.75, 3.05) is 6.54 Å². The molecule has 94 valence electrons. The molecular weight excluding hydrogens is 234 g/mol. The van der Waals surface area contributed by atoms with E-state index in [9.17, 15) is 8.42 Å². The standard InChI is InChI=1S/C13H19NO2S/c1-4-14-12-8-10(3)17(15,16)13-6-5-9(2)7-11(12)13/h5-7,10,12,14H,4,8H2,1-3H3. The largest absolute Gasteiger partial charge is 0.310 e. The van der Waals surface area contributed by atoms with Crippen LogP contribution in [0.25, 0.3) is 0 Å². The molecule has 4 heteroatoms. The Balaban J connectivity index is 2.58. The highest BCUT2D eigenvalue weighted by atomic mass is 32.2. The fraction of sp³-hybridized carbons (Fsp3) is 0.538. The monoisotopic (exact) mass is 253 g/mol. The summed E-state index contributed by atoms with van der Waals surface area (Å²) in [7, 11) is -3.13. The highest BCUT2D eigenvalue weighted by molar-refractivity contribution is 7.92. The first-order valence-corrected chi connectivity index (χ1v) is 7.59. The maximum Gasteiger partial charge on any atom is 0.181 e. The Bertz CT molecular complexity index is 522. The van der Waals surface area contributed by atoms with Crippen LogP contribution in [0.5, 0.6) is 0 Å². The van der Waals surface area contributed by atoms with Crippen LogP contribution in [-0.4, -0.2) is 20.2 Å². The Morgan fingerprint density at radius 1 is 1.41 bits per heavy atom. The fourth-order valence-electron chi connectivity index (χ4n) is 2.44. The van der Waals surface area contributed by atoms with Gasteiger partial charge in [-0.1, -0.05) is 24.6 Å². The second-order valence-electron chi connectivity index (χ2n) is 4.74. The van der Waals surface area contributed by atoms with Crippen LogP contribution in [0.15, 0.2) is 23.1 Å². The summed E-state index contributed by atoms with van der Waals surface area (Å²) in [6, 6.07) is 5.78. The van der Waals surface area contributed by atoms with Gasteiger partial charge in [-0.3, -0.25) is 0 Å². The van der Waals surface area contributed by atoms with E-state index in [1.165, 1.54) is 0 Å². The van der Waals surface area contributed by atoms with Crippen LogP contribution in [-0.2, 0) is 9.84 Å². The molecule has 1 N–H and O–H groups in total. The molecule has 1 aromatic rings.